The van der Waals surface area contributed by atoms with Gasteiger partial charge < -0.3 is 10.3 Å². The first kappa shape index (κ1) is 10.8. The van der Waals surface area contributed by atoms with Crippen molar-refractivity contribution in [2.45, 2.75) is 26.8 Å². The first-order valence-electron chi connectivity index (χ1n) is 5.60. The van der Waals surface area contributed by atoms with Crippen molar-refractivity contribution >= 4 is 5.69 Å². The summed E-state index contributed by atoms with van der Waals surface area (Å²) in [7, 11) is 0. The van der Waals surface area contributed by atoms with E-state index in [-0.39, 0.29) is 6.04 Å². The summed E-state index contributed by atoms with van der Waals surface area (Å²) in [6, 6.07) is 12.6. The highest BCUT2D eigenvalue weighted by atomic mass is 15.0. The number of nitrogens with zero attached hydrogens (tertiary/aromatic N) is 1. The lowest BCUT2D eigenvalue weighted by atomic mass is 10.1. The minimum atomic E-state index is 0.288. The molecule has 0 saturated heterocycles. The van der Waals surface area contributed by atoms with Crippen LogP contribution in [-0.4, -0.2) is 4.57 Å². The number of rotatable bonds is 2. The SMILES string of the molecule is Cc1ccc(C)n1C(C)c1ccccc1N. The Morgan fingerprint density at radius 1 is 1.00 bits per heavy atom. The molecule has 1 aromatic heterocycles. The highest BCUT2D eigenvalue weighted by Crippen LogP contribution is 2.26. The van der Waals surface area contributed by atoms with E-state index < -0.39 is 0 Å². The van der Waals surface area contributed by atoms with E-state index in [0.717, 1.165) is 5.69 Å². The average molecular weight is 214 g/mol. The van der Waals surface area contributed by atoms with E-state index >= 15 is 0 Å². The van der Waals surface area contributed by atoms with Gasteiger partial charge in [0.1, 0.15) is 0 Å². The fourth-order valence-electron chi connectivity index (χ4n) is 2.32. The third-order valence-corrected chi connectivity index (χ3v) is 3.16. The van der Waals surface area contributed by atoms with Gasteiger partial charge in [0, 0.05) is 17.1 Å². The zero-order chi connectivity index (χ0) is 11.7. The minimum Gasteiger partial charge on any atom is -0.398 e. The molecule has 2 heteroatoms. The molecule has 2 aromatic rings. The van der Waals surface area contributed by atoms with E-state index in [1.807, 2.05) is 18.2 Å². The van der Waals surface area contributed by atoms with Gasteiger partial charge in [-0.15, -0.1) is 0 Å². The van der Waals surface area contributed by atoms with Crippen LogP contribution in [0.1, 0.15) is 29.9 Å². The van der Waals surface area contributed by atoms with Crippen LogP contribution in [0.15, 0.2) is 36.4 Å². The Kier molecular flexibility index (Phi) is 2.73. The maximum atomic E-state index is 6.01. The monoisotopic (exact) mass is 214 g/mol. The normalized spacial score (nSPS) is 12.7. The van der Waals surface area contributed by atoms with Crippen LogP contribution in [0.4, 0.5) is 5.69 Å². The Morgan fingerprint density at radius 2 is 1.56 bits per heavy atom. The second-order valence-electron chi connectivity index (χ2n) is 4.29. The Balaban J connectivity index is 2.47. The summed E-state index contributed by atoms with van der Waals surface area (Å²) < 4.78 is 2.31. The molecule has 0 amide bonds. The maximum Gasteiger partial charge on any atom is 0.0577 e. The third-order valence-electron chi connectivity index (χ3n) is 3.16. The van der Waals surface area contributed by atoms with Crippen molar-refractivity contribution in [1.29, 1.82) is 0 Å². The van der Waals surface area contributed by atoms with Crippen molar-refractivity contribution in [3.8, 4) is 0 Å². The number of aromatic nitrogens is 1. The van der Waals surface area contributed by atoms with E-state index in [4.69, 9.17) is 5.73 Å². The van der Waals surface area contributed by atoms with Crippen LogP contribution >= 0.6 is 0 Å². The molecule has 84 valence electrons. The van der Waals surface area contributed by atoms with Crippen molar-refractivity contribution in [3.63, 3.8) is 0 Å². The Labute approximate surface area is 96.7 Å². The van der Waals surface area contributed by atoms with Crippen molar-refractivity contribution in [1.82, 2.24) is 4.57 Å². The summed E-state index contributed by atoms with van der Waals surface area (Å²) in [5.41, 5.74) is 10.6. The molecule has 0 aliphatic heterocycles. The molecule has 0 bridgehead atoms. The van der Waals surface area contributed by atoms with Crippen LogP contribution in [0.3, 0.4) is 0 Å². The fourth-order valence-corrected chi connectivity index (χ4v) is 2.32. The second-order valence-corrected chi connectivity index (χ2v) is 4.29. The smallest absolute Gasteiger partial charge is 0.0577 e. The molecule has 1 atom stereocenters. The molecule has 0 spiro atoms. The van der Waals surface area contributed by atoms with Gasteiger partial charge in [0.05, 0.1) is 6.04 Å². The molecule has 2 N–H and O–H groups in total. The van der Waals surface area contributed by atoms with E-state index in [1.165, 1.54) is 17.0 Å². The van der Waals surface area contributed by atoms with Crippen molar-refractivity contribution in [3.05, 3.63) is 53.3 Å². The molecule has 2 nitrogen and oxygen atoms in total. The van der Waals surface area contributed by atoms with Crippen molar-refractivity contribution in [2.75, 3.05) is 5.73 Å². The quantitative estimate of drug-likeness (QED) is 0.764. The van der Waals surface area contributed by atoms with E-state index in [2.05, 4.69) is 43.5 Å². The molecule has 0 radical (unpaired) electrons. The van der Waals surface area contributed by atoms with Crippen LogP contribution < -0.4 is 5.73 Å². The average Bonchev–Trinajstić information content (AvgIpc) is 2.58. The van der Waals surface area contributed by atoms with Gasteiger partial charge in [-0.05, 0) is 44.5 Å². The number of hydrogen-bond acceptors (Lipinski definition) is 1. The van der Waals surface area contributed by atoms with Crippen LogP contribution in [0.5, 0.6) is 0 Å². The summed E-state index contributed by atoms with van der Waals surface area (Å²) >= 11 is 0. The summed E-state index contributed by atoms with van der Waals surface area (Å²) in [6.07, 6.45) is 0. The molecule has 0 fully saturated rings. The molecule has 0 aliphatic rings. The molecule has 16 heavy (non-hydrogen) atoms. The van der Waals surface area contributed by atoms with Crippen molar-refractivity contribution in [2.24, 2.45) is 0 Å². The summed E-state index contributed by atoms with van der Waals surface area (Å²) in [5, 5.41) is 0. The predicted octanol–water partition coefficient (Wildman–Crippen LogP) is 3.30. The van der Waals surface area contributed by atoms with Crippen molar-refractivity contribution < 1.29 is 0 Å². The van der Waals surface area contributed by atoms with Gasteiger partial charge in [0.25, 0.3) is 0 Å². The first-order valence-corrected chi connectivity index (χ1v) is 5.60. The molecule has 1 unspecified atom stereocenters. The van der Waals surface area contributed by atoms with Gasteiger partial charge in [0.2, 0.25) is 0 Å². The molecule has 1 aromatic carbocycles. The highest BCUT2D eigenvalue weighted by Gasteiger charge is 2.13. The predicted molar refractivity (Wildman–Crippen MR) is 68.6 cm³/mol. The summed E-state index contributed by atoms with van der Waals surface area (Å²) in [4.78, 5) is 0. The molecular weight excluding hydrogens is 196 g/mol. The lowest BCUT2D eigenvalue weighted by Crippen LogP contribution is -2.11. The summed E-state index contributed by atoms with van der Waals surface area (Å²) in [5.74, 6) is 0. The largest absolute Gasteiger partial charge is 0.398 e. The van der Waals surface area contributed by atoms with Gasteiger partial charge in [-0.2, -0.15) is 0 Å². The standard InChI is InChI=1S/C14H18N2/c1-10-8-9-11(2)16(10)12(3)13-6-4-5-7-14(13)15/h4-9,12H,15H2,1-3H3. The number of para-hydroxylation sites is 1. The molecule has 0 saturated carbocycles. The van der Waals surface area contributed by atoms with E-state index in [9.17, 15) is 0 Å². The zero-order valence-corrected chi connectivity index (χ0v) is 10.1. The number of hydrogen-bond donors (Lipinski definition) is 1. The lowest BCUT2D eigenvalue weighted by molar-refractivity contribution is 0.612. The van der Waals surface area contributed by atoms with Crippen LogP contribution in [0, 0.1) is 13.8 Å². The Morgan fingerprint density at radius 3 is 2.12 bits per heavy atom. The maximum absolute atomic E-state index is 6.01. The Hall–Kier alpha value is -1.70. The molecule has 1 heterocycles. The number of benzene rings is 1. The molecule has 0 aliphatic carbocycles. The number of nitrogen functional groups attached to an aromatic ring is 1. The fraction of sp³-hybridized carbons (Fsp3) is 0.286. The third kappa shape index (κ3) is 1.71. The minimum absolute atomic E-state index is 0.288. The topological polar surface area (TPSA) is 30.9 Å². The number of anilines is 1. The van der Waals surface area contributed by atoms with E-state index in [1.54, 1.807) is 0 Å². The highest BCUT2D eigenvalue weighted by molar-refractivity contribution is 5.48. The van der Waals surface area contributed by atoms with E-state index in [0.29, 0.717) is 0 Å². The zero-order valence-electron chi connectivity index (χ0n) is 10.1. The number of aryl methyl sites for hydroxylation is 2. The van der Waals surface area contributed by atoms with Gasteiger partial charge in [-0.3, -0.25) is 0 Å². The van der Waals surface area contributed by atoms with Gasteiger partial charge in [0.15, 0.2) is 0 Å². The molecule has 2 rings (SSSR count). The van der Waals surface area contributed by atoms with Crippen LogP contribution in [-0.2, 0) is 0 Å². The van der Waals surface area contributed by atoms with Gasteiger partial charge >= 0.3 is 0 Å². The summed E-state index contributed by atoms with van der Waals surface area (Å²) in [6.45, 7) is 6.44. The number of nitrogens with two attached hydrogens (primary N) is 1. The van der Waals surface area contributed by atoms with Crippen LogP contribution in [0.25, 0.3) is 0 Å². The molecular formula is C14H18N2. The van der Waals surface area contributed by atoms with Gasteiger partial charge in [-0.25, -0.2) is 0 Å². The van der Waals surface area contributed by atoms with Gasteiger partial charge in [-0.1, -0.05) is 18.2 Å². The first-order chi connectivity index (χ1) is 7.61. The second kappa shape index (κ2) is 4.05. The van der Waals surface area contributed by atoms with Crippen LogP contribution in [0.2, 0.25) is 0 Å². The lowest BCUT2D eigenvalue weighted by Gasteiger charge is -2.20. The Bertz CT molecular complexity index is 478.